The minimum atomic E-state index is -0.0622. The number of amides is 1. The Morgan fingerprint density at radius 1 is 1.42 bits per heavy atom. The van der Waals surface area contributed by atoms with E-state index in [0.29, 0.717) is 0 Å². The van der Waals surface area contributed by atoms with E-state index >= 15 is 0 Å². The molecule has 0 atom stereocenters. The molecule has 0 aliphatic carbocycles. The summed E-state index contributed by atoms with van der Waals surface area (Å²) in [5.74, 6) is 0.00688. The van der Waals surface area contributed by atoms with Gasteiger partial charge in [-0.3, -0.25) is 4.79 Å². The Kier molecular flexibility index (Phi) is 4.24. The summed E-state index contributed by atoms with van der Waals surface area (Å²) in [7, 11) is 1.77. The predicted octanol–water partition coefficient (Wildman–Crippen LogP) is 0.873. The second-order valence-corrected chi connectivity index (χ2v) is 4.28. The molecule has 0 aromatic carbocycles. The first-order valence-electron chi connectivity index (χ1n) is 4.21. The van der Waals surface area contributed by atoms with Gasteiger partial charge in [-0.25, -0.2) is 0 Å². The van der Waals surface area contributed by atoms with E-state index in [-0.39, 0.29) is 24.3 Å². The fourth-order valence-corrected chi connectivity index (χ4v) is 1.09. The van der Waals surface area contributed by atoms with Crippen molar-refractivity contribution in [2.45, 2.75) is 27.2 Å². The minimum Gasteiger partial charge on any atom is -0.396 e. The summed E-state index contributed by atoms with van der Waals surface area (Å²) in [4.78, 5) is 12.8. The van der Waals surface area contributed by atoms with Crippen LogP contribution >= 0.6 is 0 Å². The van der Waals surface area contributed by atoms with Crippen molar-refractivity contribution in [2.75, 3.05) is 20.2 Å². The second kappa shape index (κ2) is 4.45. The van der Waals surface area contributed by atoms with Crippen LogP contribution in [0.25, 0.3) is 0 Å². The van der Waals surface area contributed by atoms with Crippen LogP contribution in [0, 0.1) is 5.41 Å². The van der Waals surface area contributed by atoms with Crippen molar-refractivity contribution in [1.82, 2.24) is 4.90 Å². The molecular formula is C9H19NO2. The van der Waals surface area contributed by atoms with Gasteiger partial charge >= 0.3 is 0 Å². The van der Waals surface area contributed by atoms with E-state index in [2.05, 4.69) is 20.8 Å². The van der Waals surface area contributed by atoms with Gasteiger partial charge < -0.3 is 10.0 Å². The third-order valence-corrected chi connectivity index (χ3v) is 1.46. The van der Waals surface area contributed by atoms with Crippen LogP contribution in [0.3, 0.4) is 0 Å². The molecule has 0 heterocycles. The molecule has 0 unspecified atom stereocenters. The molecule has 72 valence electrons. The Balaban J connectivity index is 3.87. The Labute approximate surface area is 74.4 Å². The van der Waals surface area contributed by atoms with E-state index in [4.69, 9.17) is 5.11 Å². The zero-order valence-electron chi connectivity index (χ0n) is 8.42. The van der Waals surface area contributed by atoms with E-state index in [1.54, 1.807) is 11.9 Å². The summed E-state index contributed by atoms with van der Waals surface area (Å²) < 4.78 is 0. The van der Waals surface area contributed by atoms with Gasteiger partial charge in [0.1, 0.15) is 0 Å². The fraction of sp³-hybridized carbons (Fsp3) is 0.889. The number of hydrogen-bond donors (Lipinski definition) is 1. The number of aliphatic hydroxyl groups is 1. The smallest absolute Gasteiger partial charge is 0.224 e. The molecule has 0 radical (unpaired) electrons. The highest BCUT2D eigenvalue weighted by Crippen LogP contribution is 2.14. The van der Waals surface area contributed by atoms with Gasteiger partial charge in [0.15, 0.2) is 0 Å². The van der Waals surface area contributed by atoms with Crippen molar-refractivity contribution < 1.29 is 9.90 Å². The first kappa shape index (κ1) is 11.4. The first-order chi connectivity index (χ1) is 5.37. The van der Waals surface area contributed by atoms with Gasteiger partial charge in [-0.05, 0) is 5.41 Å². The van der Waals surface area contributed by atoms with Crippen LogP contribution < -0.4 is 0 Å². The lowest BCUT2D eigenvalue weighted by atomic mass is 9.96. The van der Waals surface area contributed by atoms with Gasteiger partial charge in [0.05, 0.1) is 6.61 Å². The molecule has 3 nitrogen and oxygen atoms in total. The molecule has 0 fully saturated rings. The van der Waals surface area contributed by atoms with E-state index in [0.717, 1.165) is 6.54 Å². The second-order valence-electron chi connectivity index (χ2n) is 4.28. The molecule has 3 heteroatoms. The van der Waals surface area contributed by atoms with Gasteiger partial charge in [0.2, 0.25) is 5.91 Å². The molecule has 0 saturated carbocycles. The molecule has 1 amide bonds. The highest BCUT2D eigenvalue weighted by atomic mass is 16.3. The third-order valence-electron chi connectivity index (χ3n) is 1.46. The maximum Gasteiger partial charge on any atom is 0.224 e. The number of carbonyl (C=O) groups is 1. The van der Waals surface area contributed by atoms with Crippen molar-refractivity contribution in [2.24, 2.45) is 5.41 Å². The molecule has 12 heavy (non-hydrogen) atoms. The monoisotopic (exact) mass is 173 g/mol. The van der Waals surface area contributed by atoms with Crippen LogP contribution in [0.4, 0.5) is 0 Å². The van der Waals surface area contributed by atoms with Crippen LogP contribution in [0.2, 0.25) is 0 Å². The van der Waals surface area contributed by atoms with Gasteiger partial charge in [0, 0.05) is 20.0 Å². The molecule has 1 N–H and O–H groups in total. The molecule has 0 aliphatic heterocycles. The summed E-state index contributed by atoms with van der Waals surface area (Å²) in [6.45, 7) is 6.90. The fourth-order valence-electron chi connectivity index (χ4n) is 1.09. The summed E-state index contributed by atoms with van der Waals surface area (Å²) in [5, 5.41) is 8.54. The number of carbonyl (C=O) groups excluding carboxylic acids is 1. The average molecular weight is 173 g/mol. The molecule has 0 spiro atoms. The Hall–Kier alpha value is -0.570. The minimum absolute atomic E-state index is 0.00688. The number of hydrogen-bond acceptors (Lipinski definition) is 2. The van der Waals surface area contributed by atoms with E-state index < -0.39 is 0 Å². The number of rotatable bonds is 3. The lowest BCUT2D eigenvalue weighted by molar-refractivity contribution is -0.131. The summed E-state index contributed by atoms with van der Waals surface area (Å²) in [6.07, 6.45) is 0.229. The Morgan fingerprint density at radius 3 is 2.25 bits per heavy atom. The van der Waals surface area contributed by atoms with Crippen LogP contribution in [-0.4, -0.2) is 36.1 Å². The van der Waals surface area contributed by atoms with E-state index in [1.807, 2.05) is 0 Å². The summed E-state index contributed by atoms with van der Waals surface area (Å²) in [6, 6.07) is 0. The lowest BCUT2D eigenvalue weighted by Crippen LogP contribution is -2.34. The lowest BCUT2D eigenvalue weighted by Gasteiger charge is -2.26. The third kappa shape index (κ3) is 5.13. The standard InChI is InChI=1S/C9H19NO2/c1-9(2,3)7-10(4)8(12)5-6-11/h11H,5-7H2,1-4H3. The largest absolute Gasteiger partial charge is 0.396 e. The molecule has 0 aliphatic rings. The first-order valence-corrected chi connectivity index (χ1v) is 4.21. The molecule has 0 bridgehead atoms. The highest BCUT2D eigenvalue weighted by molar-refractivity contribution is 5.75. The van der Waals surface area contributed by atoms with Crippen LogP contribution in [0.1, 0.15) is 27.2 Å². The van der Waals surface area contributed by atoms with Crippen molar-refractivity contribution in [3.63, 3.8) is 0 Å². The van der Waals surface area contributed by atoms with E-state index in [1.165, 1.54) is 0 Å². The van der Waals surface area contributed by atoms with Crippen LogP contribution in [0.15, 0.2) is 0 Å². The number of aliphatic hydroxyl groups excluding tert-OH is 1. The summed E-state index contributed by atoms with van der Waals surface area (Å²) in [5.41, 5.74) is 0.125. The maximum atomic E-state index is 11.2. The predicted molar refractivity (Wildman–Crippen MR) is 48.8 cm³/mol. The average Bonchev–Trinajstić information content (AvgIpc) is 1.84. The molecule has 0 aromatic rings. The molecule has 0 aromatic heterocycles. The maximum absolute atomic E-state index is 11.2. The van der Waals surface area contributed by atoms with Crippen molar-refractivity contribution in [3.05, 3.63) is 0 Å². The number of nitrogens with zero attached hydrogens (tertiary/aromatic N) is 1. The van der Waals surface area contributed by atoms with Gasteiger partial charge in [-0.2, -0.15) is 0 Å². The van der Waals surface area contributed by atoms with Gasteiger partial charge in [-0.1, -0.05) is 20.8 Å². The van der Waals surface area contributed by atoms with Crippen LogP contribution in [0.5, 0.6) is 0 Å². The van der Waals surface area contributed by atoms with Crippen molar-refractivity contribution in [1.29, 1.82) is 0 Å². The Bertz CT molecular complexity index is 149. The normalized spacial score (nSPS) is 11.4. The Morgan fingerprint density at radius 2 is 1.92 bits per heavy atom. The molecule has 0 rings (SSSR count). The quantitative estimate of drug-likeness (QED) is 0.688. The van der Waals surface area contributed by atoms with Crippen molar-refractivity contribution in [3.8, 4) is 0 Å². The zero-order chi connectivity index (χ0) is 9.78. The topological polar surface area (TPSA) is 40.5 Å². The van der Waals surface area contributed by atoms with Crippen LogP contribution in [-0.2, 0) is 4.79 Å². The zero-order valence-corrected chi connectivity index (χ0v) is 8.42. The van der Waals surface area contributed by atoms with Crippen molar-refractivity contribution >= 4 is 5.91 Å². The van der Waals surface area contributed by atoms with Gasteiger partial charge in [0.25, 0.3) is 0 Å². The molecular weight excluding hydrogens is 154 g/mol. The SMILES string of the molecule is CN(CC(C)(C)C)C(=O)CCO. The van der Waals surface area contributed by atoms with Gasteiger partial charge in [-0.15, -0.1) is 0 Å². The summed E-state index contributed by atoms with van der Waals surface area (Å²) >= 11 is 0. The molecule has 0 saturated heterocycles. The highest BCUT2D eigenvalue weighted by Gasteiger charge is 2.16. The van der Waals surface area contributed by atoms with E-state index in [9.17, 15) is 4.79 Å².